The lowest BCUT2D eigenvalue weighted by molar-refractivity contribution is 0.0526. The number of aromatic nitrogens is 2. The first kappa shape index (κ1) is 25.7. The van der Waals surface area contributed by atoms with Gasteiger partial charge in [0.25, 0.3) is 0 Å². The van der Waals surface area contributed by atoms with Gasteiger partial charge in [0, 0.05) is 11.8 Å². The lowest BCUT2D eigenvalue weighted by Crippen LogP contribution is -2.28. The topological polar surface area (TPSA) is 85.3 Å². The minimum Gasteiger partial charge on any atom is -0.462 e. The third kappa shape index (κ3) is 6.59. The predicted octanol–water partition coefficient (Wildman–Crippen LogP) is 6.42. The lowest BCUT2D eigenvalue weighted by atomic mass is 9.99. The smallest absolute Gasteiger partial charge is 0.338 e. The number of carbonyl (C=O) groups excluding carboxylic acids is 2. The molecule has 1 aliphatic carbocycles. The first-order valence-corrected chi connectivity index (χ1v) is 12.1. The summed E-state index contributed by atoms with van der Waals surface area (Å²) in [7, 11) is 0. The average Bonchev–Trinajstić information content (AvgIpc) is 3.25. The highest BCUT2D eigenvalue weighted by molar-refractivity contribution is 5.96. The molecule has 0 fully saturated rings. The molecule has 184 valence electrons. The first-order chi connectivity index (χ1) is 17.0. The number of carbonyl (C=O) groups is 2. The molecule has 0 radical (unpaired) electrons. The third-order valence-corrected chi connectivity index (χ3v) is 5.53. The molecule has 2 amide bonds. The Morgan fingerprint density at radius 2 is 2.03 bits per heavy atom. The van der Waals surface area contributed by atoms with Gasteiger partial charge in [-0.25, -0.2) is 14.3 Å². The van der Waals surface area contributed by atoms with Crippen molar-refractivity contribution in [3.8, 4) is 5.69 Å². The fourth-order valence-corrected chi connectivity index (χ4v) is 3.89. The molecule has 1 aromatic carbocycles. The van der Waals surface area contributed by atoms with E-state index in [4.69, 9.17) is 9.84 Å². The van der Waals surface area contributed by atoms with Crippen LogP contribution in [0, 0.1) is 0 Å². The molecule has 3 rings (SSSR count). The zero-order chi connectivity index (χ0) is 25.2. The molecule has 0 spiro atoms. The van der Waals surface area contributed by atoms with Gasteiger partial charge >= 0.3 is 12.0 Å². The van der Waals surface area contributed by atoms with Crippen LogP contribution in [-0.2, 0) is 11.2 Å². The minimum atomic E-state index is -0.434. The van der Waals surface area contributed by atoms with E-state index in [1.165, 1.54) is 0 Å². The van der Waals surface area contributed by atoms with Gasteiger partial charge in [0.2, 0.25) is 0 Å². The van der Waals surface area contributed by atoms with Crippen LogP contribution in [0.3, 0.4) is 0 Å². The van der Waals surface area contributed by atoms with E-state index in [9.17, 15) is 9.59 Å². The summed E-state index contributed by atoms with van der Waals surface area (Å²) in [5, 5.41) is 10.6. The van der Waals surface area contributed by atoms with Crippen molar-refractivity contribution in [1.82, 2.24) is 15.1 Å². The van der Waals surface area contributed by atoms with E-state index in [2.05, 4.69) is 24.1 Å². The third-order valence-electron chi connectivity index (χ3n) is 5.53. The molecule has 1 aliphatic rings. The van der Waals surface area contributed by atoms with Crippen molar-refractivity contribution in [1.29, 1.82) is 0 Å². The van der Waals surface area contributed by atoms with Gasteiger partial charge in [-0.3, -0.25) is 5.32 Å². The first-order valence-electron chi connectivity index (χ1n) is 12.1. The van der Waals surface area contributed by atoms with E-state index in [-0.39, 0.29) is 12.6 Å². The molecule has 2 aromatic rings. The van der Waals surface area contributed by atoms with Crippen LogP contribution in [0.4, 0.5) is 10.6 Å². The zero-order valence-electron chi connectivity index (χ0n) is 20.8. The highest BCUT2D eigenvalue weighted by Crippen LogP contribution is 2.27. The number of hydrogen-bond donors (Lipinski definition) is 2. The van der Waals surface area contributed by atoms with Crippen molar-refractivity contribution in [3.63, 3.8) is 0 Å². The predicted molar refractivity (Wildman–Crippen MR) is 142 cm³/mol. The van der Waals surface area contributed by atoms with Crippen molar-refractivity contribution in [2.45, 2.75) is 52.9 Å². The van der Waals surface area contributed by atoms with E-state index in [0.717, 1.165) is 49.1 Å². The van der Waals surface area contributed by atoms with Crippen molar-refractivity contribution >= 4 is 30.0 Å². The molecule has 0 atom stereocenters. The van der Waals surface area contributed by atoms with E-state index in [1.807, 2.05) is 49.4 Å². The van der Waals surface area contributed by atoms with Crippen LogP contribution in [0.15, 0.2) is 54.8 Å². The maximum atomic E-state index is 12.8. The summed E-state index contributed by atoms with van der Waals surface area (Å²) in [4.78, 5) is 25.6. The number of rotatable bonds is 10. The number of esters is 1. The summed E-state index contributed by atoms with van der Waals surface area (Å²) in [5.74, 6) is 0.0817. The second-order valence-corrected chi connectivity index (χ2v) is 8.18. The Morgan fingerprint density at radius 1 is 1.20 bits per heavy atom. The summed E-state index contributed by atoms with van der Waals surface area (Å²) >= 11 is 0. The number of anilines is 1. The molecule has 0 saturated carbocycles. The highest BCUT2D eigenvalue weighted by Gasteiger charge is 2.19. The largest absolute Gasteiger partial charge is 0.462 e. The number of unbranched alkanes of at least 4 members (excludes halogenated alkanes) is 1. The molecule has 1 heterocycles. The van der Waals surface area contributed by atoms with Crippen molar-refractivity contribution in [2.75, 3.05) is 11.9 Å². The number of ether oxygens (including phenoxy) is 1. The van der Waals surface area contributed by atoms with Crippen LogP contribution >= 0.6 is 0 Å². The Bertz CT molecular complexity index is 1170. The molecule has 7 heteroatoms. The summed E-state index contributed by atoms with van der Waals surface area (Å²) in [6.07, 6.45) is 16.0. The van der Waals surface area contributed by atoms with Gasteiger partial charge in [0.1, 0.15) is 5.82 Å². The number of aryl methyl sites for hydroxylation is 1. The summed E-state index contributed by atoms with van der Waals surface area (Å²) in [6, 6.07) is 5.18. The van der Waals surface area contributed by atoms with Crippen molar-refractivity contribution in [2.24, 2.45) is 0 Å². The Labute approximate surface area is 207 Å². The van der Waals surface area contributed by atoms with Crippen LogP contribution in [0.2, 0.25) is 0 Å². The molecule has 1 aromatic heterocycles. The number of amides is 2. The molecule has 0 saturated heterocycles. The Hall–Kier alpha value is -3.87. The molecular formula is C28H34N4O3. The van der Waals surface area contributed by atoms with Gasteiger partial charge in [-0.2, -0.15) is 5.10 Å². The summed E-state index contributed by atoms with van der Waals surface area (Å²) in [6.45, 7) is 9.96. The van der Waals surface area contributed by atoms with Crippen LogP contribution < -0.4 is 10.6 Å². The maximum Gasteiger partial charge on any atom is 0.338 e. The Morgan fingerprint density at radius 3 is 2.69 bits per heavy atom. The van der Waals surface area contributed by atoms with E-state index in [1.54, 1.807) is 23.7 Å². The molecule has 35 heavy (non-hydrogen) atoms. The second kappa shape index (κ2) is 12.6. The maximum absolute atomic E-state index is 12.8. The van der Waals surface area contributed by atoms with Gasteiger partial charge < -0.3 is 10.1 Å². The Kier molecular flexibility index (Phi) is 9.23. The number of hydrogen-bond acceptors (Lipinski definition) is 4. The van der Waals surface area contributed by atoms with Crippen molar-refractivity contribution in [3.05, 3.63) is 77.2 Å². The van der Waals surface area contributed by atoms with Crippen molar-refractivity contribution < 1.29 is 14.3 Å². The standard InChI is InChI=1S/C28H34N4O3/c1-5-9-14-22-18-26(30-28(34)29-21-15-11-10-12-16-21)32(31-22)23-17-20(13-6-2)24(7-3)25(19-23)27(33)35-8-4/h6-7,11,13,15-19H,3,5,8-10,12,14H2,1-2,4H3,(H2,29,30,34)/b13-6-. The van der Waals surface area contributed by atoms with E-state index < -0.39 is 5.97 Å². The Balaban J connectivity index is 2.05. The van der Waals surface area contributed by atoms with Gasteiger partial charge in [0.15, 0.2) is 0 Å². The molecule has 0 aliphatic heterocycles. The van der Waals surface area contributed by atoms with Gasteiger partial charge in [0.05, 0.1) is 23.6 Å². The molecule has 2 N–H and O–H groups in total. The summed E-state index contributed by atoms with van der Waals surface area (Å²) < 4.78 is 6.96. The quantitative estimate of drug-likeness (QED) is 0.389. The van der Waals surface area contributed by atoms with Crippen LogP contribution in [-0.4, -0.2) is 28.4 Å². The minimum absolute atomic E-state index is 0.263. The molecule has 7 nitrogen and oxygen atoms in total. The van der Waals surface area contributed by atoms with Gasteiger partial charge in [-0.1, -0.05) is 50.3 Å². The molecular weight excluding hydrogens is 440 g/mol. The number of benzene rings is 1. The number of nitrogens with one attached hydrogen (secondary N) is 2. The van der Waals surface area contributed by atoms with Crippen LogP contribution in [0.1, 0.15) is 73.6 Å². The normalized spacial score (nSPS) is 12.9. The number of allylic oxidation sites excluding steroid dienone is 4. The average molecular weight is 475 g/mol. The number of urea groups is 1. The van der Waals surface area contributed by atoms with Crippen LogP contribution in [0.25, 0.3) is 17.8 Å². The molecule has 0 bridgehead atoms. The van der Waals surface area contributed by atoms with Crippen LogP contribution in [0.5, 0.6) is 0 Å². The van der Waals surface area contributed by atoms with E-state index >= 15 is 0 Å². The monoisotopic (exact) mass is 474 g/mol. The van der Waals surface area contributed by atoms with Gasteiger partial charge in [-0.15, -0.1) is 0 Å². The summed E-state index contributed by atoms with van der Waals surface area (Å²) in [5.41, 5.74) is 4.15. The van der Waals surface area contributed by atoms with E-state index in [0.29, 0.717) is 22.6 Å². The van der Waals surface area contributed by atoms with Gasteiger partial charge in [-0.05, 0) is 68.9 Å². The highest BCUT2D eigenvalue weighted by atomic mass is 16.5. The lowest BCUT2D eigenvalue weighted by Gasteiger charge is -2.15. The number of nitrogens with zero attached hydrogens (tertiary/aromatic N) is 2. The fraction of sp³-hybridized carbons (Fsp3) is 0.321. The SMILES string of the molecule is C=Cc1c(/C=C\C)cc(-n2nc(CCCC)cc2NC(=O)NC2=CCCC=C2)cc1C(=O)OCC. The zero-order valence-corrected chi connectivity index (χ0v) is 20.8. The second-order valence-electron chi connectivity index (χ2n) is 8.18. The molecule has 0 unspecified atom stereocenters. The fourth-order valence-electron chi connectivity index (χ4n) is 3.89.